The molecule has 0 bridgehead atoms. The third kappa shape index (κ3) is 0.631. The van der Waals surface area contributed by atoms with Gasteiger partial charge < -0.3 is 0 Å². The Balaban J connectivity index is 2.59. The van der Waals surface area contributed by atoms with Crippen LogP contribution in [0.4, 0.5) is 0 Å². The summed E-state index contributed by atoms with van der Waals surface area (Å²) in [6.45, 7) is 0. The van der Waals surface area contributed by atoms with Crippen LogP contribution in [-0.4, -0.2) is 12.1 Å². The summed E-state index contributed by atoms with van der Waals surface area (Å²) in [5.41, 5.74) is 1.16. The molecule has 0 amide bonds. The van der Waals surface area contributed by atoms with Gasteiger partial charge in [0.05, 0.1) is 0 Å². The Bertz CT molecular complexity index is 496. The Morgan fingerprint density at radius 3 is 3.17 bits per heavy atom. The number of aromatic nitrogens is 1. The minimum atomic E-state index is 0.927. The summed E-state index contributed by atoms with van der Waals surface area (Å²) < 4.78 is 5.18. The zero-order valence-corrected chi connectivity index (χ0v) is 6.37. The molecular weight excluding hydrogens is 149 g/mol. The predicted octanol–water partition coefficient (Wildman–Crippen LogP) is 2.20. The molecule has 2 nitrogen and oxygen atoms in total. The number of aromatic amines is 1. The molecule has 0 fully saturated rings. The van der Waals surface area contributed by atoms with E-state index in [9.17, 15) is 0 Å². The van der Waals surface area contributed by atoms with Crippen LogP contribution in [0.15, 0.2) is 34.9 Å². The zero-order valence-electron chi connectivity index (χ0n) is 6.37. The van der Waals surface area contributed by atoms with Crippen LogP contribution in [0.5, 0.6) is 0 Å². The molecule has 0 atom stereocenters. The molecule has 1 aromatic rings. The third-order valence-electron chi connectivity index (χ3n) is 2.18. The fourth-order valence-corrected chi connectivity index (χ4v) is 1.61. The number of rotatable bonds is 0. The van der Waals surface area contributed by atoms with Crippen LogP contribution in [0.1, 0.15) is 0 Å². The van der Waals surface area contributed by atoms with Gasteiger partial charge in [0.25, 0.3) is 0 Å². The number of hydrogen-bond acceptors (Lipinski definition) is 1. The molecular formula is C9H6BNO. The number of benzene rings is 1. The van der Waals surface area contributed by atoms with Gasteiger partial charge in [0, 0.05) is 0 Å². The first-order valence-corrected chi connectivity index (χ1v) is 3.89. The summed E-state index contributed by atoms with van der Waals surface area (Å²) in [5.74, 6) is 0.927. The second kappa shape index (κ2) is 2.00. The van der Waals surface area contributed by atoms with E-state index in [0.717, 1.165) is 11.2 Å². The van der Waals surface area contributed by atoms with Crippen LogP contribution in [-0.2, 0) is 0 Å². The summed E-state index contributed by atoms with van der Waals surface area (Å²) in [4.78, 5) is 0. The van der Waals surface area contributed by atoms with Crippen LogP contribution >= 0.6 is 0 Å². The Kier molecular flexibility index (Phi) is 1.01. The molecule has 1 aliphatic heterocycles. The van der Waals surface area contributed by atoms with Crippen molar-refractivity contribution in [2.24, 2.45) is 0 Å². The van der Waals surface area contributed by atoms with Gasteiger partial charge in [-0.1, -0.05) is 0 Å². The topological polar surface area (TPSA) is 28.9 Å². The van der Waals surface area contributed by atoms with E-state index in [4.69, 9.17) is 4.52 Å². The van der Waals surface area contributed by atoms with Crippen LogP contribution in [0.25, 0.3) is 22.0 Å². The average molecular weight is 155 g/mol. The molecule has 1 N–H and O–H groups in total. The number of fused-ring (bicyclic) bond motifs is 3. The molecule has 56 valence electrons. The van der Waals surface area contributed by atoms with Crippen molar-refractivity contribution < 1.29 is 4.52 Å². The summed E-state index contributed by atoms with van der Waals surface area (Å²) in [7, 11) is 1.89. The maximum atomic E-state index is 5.18. The summed E-state index contributed by atoms with van der Waals surface area (Å²) in [6, 6.07) is 10.3. The van der Waals surface area contributed by atoms with E-state index in [2.05, 4.69) is 17.2 Å². The third-order valence-corrected chi connectivity index (χ3v) is 2.18. The maximum absolute atomic E-state index is 5.18. The Labute approximate surface area is 69.7 Å². The van der Waals surface area contributed by atoms with Gasteiger partial charge in [0.2, 0.25) is 0 Å². The van der Waals surface area contributed by atoms with Crippen LogP contribution in [0, 0.1) is 0 Å². The standard InChI is InChI=1S/C9H6BNO/c1-2-4-7-6(3-1)5-8-9(7)10-11-12-8/h1-5,11H. The second-order valence-corrected chi connectivity index (χ2v) is 2.87. The van der Waals surface area contributed by atoms with E-state index < -0.39 is 0 Å². The van der Waals surface area contributed by atoms with Gasteiger partial charge >= 0.3 is 69.0 Å². The fraction of sp³-hybridized carbons (Fsp3) is 0. The van der Waals surface area contributed by atoms with Crippen molar-refractivity contribution in [2.75, 3.05) is 0 Å². The van der Waals surface area contributed by atoms with Crippen LogP contribution in [0.3, 0.4) is 0 Å². The van der Waals surface area contributed by atoms with Crippen molar-refractivity contribution in [2.45, 2.75) is 0 Å². The molecule has 12 heavy (non-hydrogen) atoms. The molecule has 2 aliphatic rings. The first-order chi connectivity index (χ1) is 5.95. The molecule has 0 unspecified atom stereocenters. The minimum absolute atomic E-state index is 0.927. The molecule has 3 rings (SSSR count). The van der Waals surface area contributed by atoms with E-state index in [-0.39, 0.29) is 0 Å². The quantitative estimate of drug-likeness (QED) is 0.529. The first-order valence-electron chi connectivity index (χ1n) is 3.89. The van der Waals surface area contributed by atoms with Gasteiger partial charge in [-0.3, -0.25) is 0 Å². The number of H-pyrrole nitrogens is 1. The van der Waals surface area contributed by atoms with Crippen molar-refractivity contribution in [1.29, 1.82) is 0 Å². The normalized spacial score (nSPS) is 11.0. The van der Waals surface area contributed by atoms with Gasteiger partial charge in [-0.25, -0.2) is 0 Å². The molecule has 0 saturated heterocycles. The average Bonchev–Trinajstić information content (AvgIpc) is 2.62. The summed E-state index contributed by atoms with van der Waals surface area (Å²) >= 11 is 0. The monoisotopic (exact) mass is 155 g/mol. The van der Waals surface area contributed by atoms with Crippen molar-refractivity contribution >= 4 is 17.8 Å². The second-order valence-electron chi connectivity index (χ2n) is 2.87. The van der Waals surface area contributed by atoms with E-state index >= 15 is 0 Å². The molecule has 0 spiro atoms. The summed E-state index contributed by atoms with van der Waals surface area (Å²) in [5, 5.41) is 5.22. The SMILES string of the molecule is b1[nH]oc2cc3ccccc3c1-2. The van der Waals surface area contributed by atoms with Crippen molar-refractivity contribution in [1.82, 2.24) is 5.06 Å². The molecule has 0 saturated carbocycles. The number of hydrogen-bond donors (Lipinski definition) is 1. The first kappa shape index (κ1) is 6.06. The van der Waals surface area contributed by atoms with Crippen molar-refractivity contribution in [3.05, 3.63) is 30.3 Å². The van der Waals surface area contributed by atoms with E-state index in [1.165, 1.54) is 10.8 Å². The van der Waals surface area contributed by atoms with Gasteiger partial charge in [0.15, 0.2) is 0 Å². The van der Waals surface area contributed by atoms with E-state index in [1.807, 2.05) is 25.3 Å². The Hall–Kier alpha value is -1.51. The zero-order chi connectivity index (χ0) is 7.97. The van der Waals surface area contributed by atoms with Crippen LogP contribution in [0.2, 0.25) is 0 Å². The van der Waals surface area contributed by atoms with Crippen molar-refractivity contribution in [3.63, 3.8) is 0 Å². The molecule has 1 aromatic carbocycles. The molecule has 0 radical (unpaired) electrons. The molecule has 1 aliphatic carbocycles. The van der Waals surface area contributed by atoms with Gasteiger partial charge in [0.1, 0.15) is 0 Å². The van der Waals surface area contributed by atoms with Gasteiger partial charge in [-0.05, 0) is 0 Å². The molecule has 0 aromatic heterocycles. The van der Waals surface area contributed by atoms with Gasteiger partial charge in [-0.2, -0.15) is 0 Å². The molecule has 3 heteroatoms. The van der Waals surface area contributed by atoms with Gasteiger partial charge in [-0.15, -0.1) is 0 Å². The Morgan fingerprint density at radius 1 is 1.25 bits per heavy atom. The summed E-state index contributed by atoms with van der Waals surface area (Å²) in [6.07, 6.45) is 0. The van der Waals surface area contributed by atoms with Crippen molar-refractivity contribution in [3.8, 4) is 11.2 Å². The molecule has 1 heterocycles. The number of nitrogens with one attached hydrogen (secondary N) is 1. The Morgan fingerprint density at radius 2 is 2.17 bits per heavy atom. The fourth-order valence-electron chi connectivity index (χ4n) is 1.61. The van der Waals surface area contributed by atoms with E-state index in [0.29, 0.717) is 0 Å². The van der Waals surface area contributed by atoms with E-state index in [1.54, 1.807) is 0 Å². The van der Waals surface area contributed by atoms with Crippen LogP contribution < -0.4 is 0 Å². The predicted molar refractivity (Wildman–Crippen MR) is 48.5 cm³/mol.